The van der Waals surface area contributed by atoms with Gasteiger partial charge in [0.25, 0.3) is 5.91 Å². The third-order valence-electron chi connectivity index (χ3n) is 2.58. The standard InChI is InChI=1S/C14H10Cl2FNO2/c1-20-13-5-2-8(15)6-10(13)14(19)18-9-3-4-12(17)11(16)7-9/h2-7H,1H3,(H,18,19). The highest BCUT2D eigenvalue weighted by atomic mass is 35.5. The van der Waals surface area contributed by atoms with Crippen molar-refractivity contribution in [3.8, 4) is 5.75 Å². The van der Waals surface area contributed by atoms with Gasteiger partial charge in [-0.2, -0.15) is 0 Å². The summed E-state index contributed by atoms with van der Waals surface area (Å²) in [7, 11) is 1.45. The Morgan fingerprint density at radius 3 is 2.60 bits per heavy atom. The molecule has 0 bridgehead atoms. The number of methoxy groups -OCH3 is 1. The summed E-state index contributed by atoms with van der Waals surface area (Å²) in [6, 6.07) is 8.61. The Bertz CT molecular complexity index is 662. The van der Waals surface area contributed by atoms with Crippen LogP contribution in [-0.4, -0.2) is 13.0 Å². The van der Waals surface area contributed by atoms with E-state index in [1.807, 2.05) is 0 Å². The molecule has 0 heterocycles. The number of amides is 1. The second-order valence-electron chi connectivity index (χ2n) is 3.93. The molecule has 0 atom stereocenters. The minimum atomic E-state index is -0.551. The number of carbonyl (C=O) groups excluding carboxylic acids is 1. The van der Waals surface area contributed by atoms with Crippen LogP contribution in [0, 0.1) is 5.82 Å². The maximum atomic E-state index is 13.0. The number of hydrogen-bond donors (Lipinski definition) is 1. The van der Waals surface area contributed by atoms with Gasteiger partial charge in [-0.25, -0.2) is 4.39 Å². The zero-order valence-corrected chi connectivity index (χ0v) is 11.9. The molecule has 104 valence electrons. The first-order valence-electron chi connectivity index (χ1n) is 5.61. The van der Waals surface area contributed by atoms with E-state index in [2.05, 4.69) is 5.32 Å². The number of carbonyl (C=O) groups is 1. The van der Waals surface area contributed by atoms with E-state index in [0.29, 0.717) is 16.5 Å². The van der Waals surface area contributed by atoms with Crippen LogP contribution in [0.2, 0.25) is 10.0 Å². The van der Waals surface area contributed by atoms with Crippen molar-refractivity contribution < 1.29 is 13.9 Å². The molecule has 3 nitrogen and oxygen atoms in total. The van der Waals surface area contributed by atoms with E-state index in [4.69, 9.17) is 27.9 Å². The topological polar surface area (TPSA) is 38.3 Å². The molecule has 0 fully saturated rings. The number of nitrogens with one attached hydrogen (secondary N) is 1. The van der Waals surface area contributed by atoms with Gasteiger partial charge in [-0.15, -0.1) is 0 Å². The lowest BCUT2D eigenvalue weighted by Crippen LogP contribution is -2.13. The number of anilines is 1. The van der Waals surface area contributed by atoms with Crippen LogP contribution in [0.3, 0.4) is 0 Å². The van der Waals surface area contributed by atoms with E-state index in [9.17, 15) is 9.18 Å². The zero-order valence-electron chi connectivity index (χ0n) is 10.4. The molecule has 0 saturated heterocycles. The van der Waals surface area contributed by atoms with Gasteiger partial charge in [0.15, 0.2) is 0 Å². The third kappa shape index (κ3) is 3.21. The van der Waals surface area contributed by atoms with Gasteiger partial charge in [0.05, 0.1) is 17.7 Å². The summed E-state index contributed by atoms with van der Waals surface area (Å²) < 4.78 is 18.1. The van der Waals surface area contributed by atoms with Crippen molar-refractivity contribution in [2.24, 2.45) is 0 Å². The van der Waals surface area contributed by atoms with Crippen molar-refractivity contribution in [2.45, 2.75) is 0 Å². The number of rotatable bonds is 3. The Balaban J connectivity index is 2.27. The fourth-order valence-electron chi connectivity index (χ4n) is 1.63. The molecule has 0 aromatic heterocycles. The van der Waals surface area contributed by atoms with Crippen LogP contribution in [0.15, 0.2) is 36.4 Å². The molecule has 1 amide bonds. The van der Waals surface area contributed by atoms with Crippen LogP contribution in [-0.2, 0) is 0 Å². The van der Waals surface area contributed by atoms with Crippen molar-refractivity contribution in [1.82, 2.24) is 0 Å². The van der Waals surface area contributed by atoms with Crippen LogP contribution >= 0.6 is 23.2 Å². The van der Waals surface area contributed by atoms with Gasteiger partial charge < -0.3 is 10.1 Å². The predicted molar refractivity (Wildman–Crippen MR) is 77.4 cm³/mol. The second kappa shape index (κ2) is 6.11. The number of hydrogen-bond acceptors (Lipinski definition) is 2. The smallest absolute Gasteiger partial charge is 0.259 e. The highest BCUT2D eigenvalue weighted by Gasteiger charge is 2.13. The lowest BCUT2D eigenvalue weighted by atomic mass is 10.2. The molecule has 6 heteroatoms. The Kier molecular flexibility index (Phi) is 4.47. The number of ether oxygens (including phenoxy) is 1. The molecule has 1 N–H and O–H groups in total. The minimum Gasteiger partial charge on any atom is -0.496 e. The van der Waals surface area contributed by atoms with Crippen LogP contribution in [0.1, 0.15) is 10.4 Å². The van der Waals surface area contributed by atoms with E-state index in [1.165, 1.54) is 31.4 Å². The van der Waals surface area contributed by atoms with E-state index in [1.54, 1.807) is 12.1 Å². The Labute approximate surface area is 125 Å². The van der Waals surface area contributed by atoms with E-state index < -0.39 is 11.7 Å². The molecule has 2 aromatic rings. The van der Waals surface area contributed by atoms with Gasteiger partial charge in [-0.05, 0) is 36.4 Å². The molecule has 0 aliphatic heterocycles. The van der Waals surface area contributed by atoms with Crippen LogP contribution in [0.25, 0.3) is 0 Å². The van der Waals surface area contributed by atoms with Crippen molar-refractivity contribution in [1.29, 1.82) is 0 Å². The van der Waals surface area contributed by atoms with Gasteiger partial charge in [-0.1, -0.05) is 23.2 Å². The predicted octanol–water partition coefficient (Wildman–Crippen LogP) is 4.39. The second-order valence-corrected chi connectivity index (χ2v) is 4.77. The normalized spacial score (nSPS) is 10.2. The molecule has 0 saturated carbocycles. The third-order valence-corrected chi connectivity index (χ3v) is 3.11. The van der Waals surface area contributed by atoms with Gasteiger partial charge in [0, 0.05) is 10.7 Å². The first-order valence-corrected chi connectivity index (χ1v) is 6.37. The van der Waals surface area contributed by atoms with Gasteiger partial charge in [0.2, 0.25) is 0 Å². The van der Waals surface area contributed by atoms with Crippen LogP contribution in [0.5, 0.6) is 5.75 Å². The Morgan fingerprint density at radius 2 is 1.95 bits per heavy atom. The van der Waals surface area contributed by atoms with Crippen molar-refractivity contribution in [2.75, 3.05) is 12.4 Å². The summed E-state index contributed by atoms with van der Waals surface area (Å²) in [4.78, 5) is 12.2. The molecule has 20 heavy (non-hydrogen) atoms. The maximum absolute atomic E-state index is 13.0. The average Bonchev–Trinajstić information content (AvgIpc) is 2.43. The zero-order chi connectivity index (χ0) is 14.7. The summed E-state index contributed by atoms with van der Waals surface area (Å²) in [5.74, 6) is -0.586. The highest BCUT2D eigenvalue weighted by molar-refractivity contribution is 6.31. The van der Waals surface area contributed by atoms with Crippen LogP contribution in [0.4, 0.5) is 10.1 Å². The summed E-state index contributed by atoms with van der Waals surface area (Å²) in [6.45, 7) is 0. The Morgan fingerprint density at radius 1 is 1.20 bits per heavy atom. The molecule has 0 aliphatic rings. The first-order chi connectivity index (χ1) is 9.51. The van der Waals surface area contributed by atoms with Gasteiger partial charge in [0.1, 0.15) is 11.6 Å². The molecule has 0 spiro atoms. The number of benzene rings is 2. The lowest BCUT2D eigenvalue weighted by molar-refractivity contribution is 0.102. The summed E-state index contributed by atoms with van der Waals surface area (Å²) in [5, 5.41) is 2.94. The number of halogens is 3. The van der Waals surface area contributed by atoms with Crippen molar-refractivity contribution in [3.63, 3.8) is 0 Å². The first kappa shape index (κ1) is 14.6. The van der Waals surface area contributed by atoms with Crippen molar-refractivity contribution >= 4 is 34.8 Å². The fourth-order valence-corrected chi connectivity index (χ4v) is 1.98. The molecule has 0 unspecified atom stereocenters. The molecule has 0 radical (unpaired) electrons. The van der Waals surface area contributed by atoms with Crippen LogP contribution < -0.4 is 10.1 Å². The highest BCUT2D eigenvalue weighted by Crippen LogP contribution is 2.25. The average molecular weight is 314 g/mol. The summed E-state index contributed by atoms with van der Waals surface area (Å²) >= 11 is 11.5. The van der Waals surface area contributed by atoms with Crippen molar-refractivity contribution in [3.05, 3.63) is 57.8 Å². The fraction of sp³-hybridized carbons (Fsp3) is 0.0714. The van der Waals surface area contributed by atoms with Gasteiger partial charge >= 0.3 is 0 Å². The van der Waals surface area contributed by atoms with E-state index >= 15 is 0 Å². The van der Waals surface area contributed by atoms with E-state index in [0.717, 1.165) is 0 Å². The monoisotopic (exact) mass is 313 g/mol. The molecule has 2 rings (SSSR count). The maximum Gasteiger partial charge on any atom is 0.259 e. The Hall–Kier alpha value is -1.78. The van der Waals surface area contributed by atoms with Gasteiger partial charge in [-0.3, -0.25) is 4.79 Å². The lowest BCUT2D eigenvalue weighted by Gasteiger charge is -2.10. The minimum absolute atomic E-state index is 0.0686. The summed E-state index contributed by atoms with van der Waals surface area (Å²) in [6.07, 6.45) is 0. The van der Waals surface area contributed by atoms with E-state index in [-0.39, 0.29) is 10.6 Å². The molecule has 0 aliphatic carbocycles. The molecular weight excluding hydrogens is 304 g/mol. The largest absolute Gasteiger partial charge is 0.496 e. The summed E-state index contributed by atoms with van der Waals surface area (Å²) in [5.41, 5.74) is 0.656. The SMILES string of the molecule is COc1ccc(Cl)cc1C(=O)Nc1ccc(F)c(Cl)c1. The quantitative estimate of drug-likeness (QED) is 0.912. The molecular formula is C14H10Cl2FNO2. The molecule has 2 aromatic carbocycles.